The number of para-hydroxylation sites is 1. The molecule has 2 aliphatic rings. The highest BCUT2D eigenvalue weighted by atomic mass is 15.2. The van der Waals surface area contributed by atoms with E-state index in [4.69, 9.17) is 0 Å². The fourth-order valence-corrected chi connectivity index (χ4v) is 3.03. The van der Waals surface area contributed by atoms with E-state index in [2.05, 4.69) is 62.2 Å². The van der Waals surface area contributed by atoms with Crippen LogP contribution in [0.15, 0.2) is 47.6 Å². The zero-order valence-electron chi connectivity index (χ0n) is 10.1. The molecule has 1 nitrogen and oxygen atoms in total. The Hall–Kier alpha value is -1.50. The average molecular weight is 211 g/mol. The second-order valence-electron chi connectivity index (χ2n) is 4.87. The van der Waals surface area contributed by atoms with Crippen LogP contribution in [0.5, 0.6) is 0 Å². The molecule has 0 fully saturated rings. The Balaban J connectivity index is 2.17. The third-order valence-corrected chi connectivity index (χ3v) is 4.05. The predicted octanol–water partition coefficient (Wildman–Crippen LogP) is 3.49. The molecule has 1 aromatic carbocycles. The topological polar surface area (TPSA) is 3.24 Å². The van der Waals surface area contributed by atoms with Crippen molar-refractivity contribution in [2.45, 2.75) is 25.8 Å². The quantitative estimate of drug-likeness (QED) is 0.635. The number of anilines is 1. The summed E-state index contributed by atoms with van der Waals surface area (Å²) in [7, 11) is 2.21. The first-order chi connectivity index (χ1) is 7.70. The predicted molar refractivity (Wildman–Crippen MR) is 68.9 cm³/mol. The molecule has 0 bridgehead atoms. The van der Waals surface area contributed by atoms with Crippen molar-refractivity contribution in [3.63, 3.8) is 0 Å². The van der Waals surface area contributed by atoms with Gasteiger partial charge in [0.25, 0.3) is 0 Å². The zero-order chi connectivity index (χ0) is 11.3. The molecule has 0 saturated heterocycles. The summed E-state index contributed by atoms with van der Waals surface area (Å²) in [5.41, 5.74) is 5.78. The smallest absolute Gasteiger partial charge is 0.0606 e. The van der Waals surface area contributed by atoms with Crippen molar-refractivity contribution in [3.8, 4) is 0 Å². The van der Waals surface area contributed by atoms with Crippen molar-refractivity contribution in [1.29, 1.82) is 0 Å². The van der Waals surface area contributed by atoms with Crippen LogP contribution >= 0.6 is 0 Å². The lowest BCUT2D eigenvalue weighted by atomic mass is 9.84. The van der Waals surface area contributed by atoms with Crippen LogP contribution in [-0.4, -0.2) is 13.1 Å². The van der Waals surface area contributed by atoms with E-state index in [0.717, 1.165) is 0 Å². The van der Waals surface area contributed by atoms with E-state index in [1.54, 1.807) is 0 Å². The molecule has 1 aliphatic heterocycles. The van der Waals surface area contributed by atoms with Gasteiger partial charge in [-0.15, -0.1) is 0 Å². The van der Waals surface area contributed by atoms with Gasteiger partial charge in [-0.05, 0) is 31.1 Å². The van der Waals surface area contributed by atoms with Crippen molar-refractivity contribution < 1.29 is 0 Å². The third kappa shape index (κ3) is 1.12. The lowest BCUT2D eigenvalue weighted by Crippen LogP contribution is -2.32. The Bertz CT molecular complexity index is 496. The van der Waals surface area contributed by atoms with E-state index >= 15 is 0 Å². The molecule has 3 rings (SSSR count). The molecule has 0 saturated carbocycles. The maximum Gasteiger partial charge on any atom is 0.0606 e. The Morgan fingerprint density at radius 1 is 1.12 bits per heavy atom. The van der Waals surface area contributed by atoms with Crippen LogP contribution in [0.2, 0.25) is 0 Å². The molecule has 1 heteroatoms. The summed E-state index contributed by atoms with van der Waals surface area (Å²) >= 11 is 0. The standard InChI is InChI=1S/C15H17N/c1-10-8-9-13-12-6-4-5-7-14(12)16(3)15(13)11(10)2/h4-9,13,15H,1-3H3. The zero-order valence-corrected chi connectivity index (χ0v) is 10.1. The van der Waals surface area contributed by atoms with Crippen molar-refractivity contribution in [3.05, 3.63) is 53.1 Å². The van der Waals surface area contributed by atoms with E-state index in [-0.39, 0.29) is 0 Å². The molecule has 82 valence electrons. The van der Waals surface area contributed by atoms with Crippen LogP contribution in [0.4, 0.5) is 5.69 Å². The summed E-state index contributed by atoms with van der Waals surface area (Å²) in [4.78, 5) is 2.42. The minimum absolute atomic E-state index is 0.530. The van der Waals surface area contributed by atoms with Crippen molar-refractivity contribution >= 4 is 5.69 Å². The average Bonchev–Trinajstić information content (AvgIpc) is 2.59. The van der Waals surface area contributed by atoms with Gasteiger partial charge in [-0.2, -0.15) is 0 Å². The monoisotopic (exact) mass is 211 g/mol. The molecule has 0 radical (unpaired) electrons. The fraction of sp³-hybridized carbons (Fsp3) is 0.333. The lowest BCUT2D eigenvalue weighted by molar-refractivity contribution is 0.678. The number of allylic oxidation sites excluding steroid dienone is 2. The van der Waals surface area contributed by atoms with Gasteiger partial charge < -0.3 is 4.90 Å². The minimum atomic E-state index is 0.530. The number of benzene rings is 1. The van der Waals surface area contributed by atoms with Gasteiger partial charge >= 0.3 is 0 Å². The second-order valence-corrected chi connectivity index (χ2v) is 4.87. The first-order valence-electron chi connectivity index (χ1n) is 5.87. The molecule has 0 aromatic heterocycles. The molecular weight excluding hydrogens is 194 g/mol. The van der Waals surface area contributed by atoms with Crippen molar-refractivity contribution in [2.75, 3.05) is 11.9 Å². The Morgan fingerprint density at radius 2 is 1.88 bits per heavy atom. The Morgan fingerprint density at radius 3 is 2.69 bits per heavy atom. The van der Waals surface area contributed by atoms with Gasteiger partial charge in [0.2, 0.25) is 0 Å². The van der Waals surface area contributed by atoms with E-state index in [9.17, 15) is 0 Å². The van der Waals surface area contributed by atoms with E-state index in [1.807, 2.05) is 0 Å². The molecule has 0 spiro atoms. The maximum atomic E-state index is 2.42. The molecule has 1 aromatic rings. The largest absolute Gasteiger partial charge is 0.367 e. The normalized spacial score (nSPS) is 27.1. The first-order valence-corrected chi connectivity index (χ1v) is 5.87. The molecule has 2 unspecified atom stereocenters. The lowest BCUT2D eigenvalue weighted by Gasteiger charge is -2.30. The highest BCUT2D eigenvalue weighted by Crippen LogP contribution is 2.45. The maximum absolute atomic E-state index is 2.42. The van der Waals surface area contributed by atoms with Crippen LogP contribution in [-0.2, 0) is 0 Å². The molecule has 0 amide bonds. The van der Waals surface area contributed by atoms with Gasteiger partial charge in [0.05, 0.1) is 6.04 Å². The summed E-state index contributed by atoms with van der Waals surface area (Å²) in [5.74, 6) is 0.546. The van der Waals surface area contributed by atoms with Crippen LogP contribution < -0.4 is 4.90 Å². The van der Waals surface area contributed by atoms with Gasteiger partial charge in [-0.25, -0.2) is 0 Å². The molecule has 16 heavy (non-hydrogen) atoms. The third-order valence-electron chi connectivity index (χ3n) is 4.05. The van der Waals surface area contributed by atoms with Gasteiger partial charge in [-0.1, -0.05) is 35.9 Å². The molecular formula is C15H17N. The summed E-state index contributed by atoms with van der Waals surface area (Å²) < 4.78 is 0. The van der Waals surface area contributed by atoms with Crippen molar-refractivity contribution in [1.82, 2.24) is 0 Å². The van der Waals surface area contributed by atoms with E-state index < -0.39 is 0 Å². The number of hydrogen-bond acceptors (Lipinski definition) is 1. The summed E-state index contributed by atoms with van der Waals surface area (Å²) in [6, 6.07) is 9.28. The van der Waals surface area contributed by atoms with Crippen LogP contribution in [0.25, 0.3) is 0 Å². The number of hydrogen-bond donors (Lipinski definition) is 0. The molecule has 1 heterocycles. The number of nitrogens with zero attached hydrogens (tertiary/aromatic N) is 1. The van der Waals surface area contributed by atoms with Crippen LogP contribution in [0, 0.1) is 0 Å². The summed E-state index contributed by atoms with van der Waals surface area (Å²) in [6.45, 7) is 4.47. The highest BCUT2D eigenvalue weighted by molar-refractivity contribution is 5.66. The van der Waals surface area contributed by atoms with E-state index in [1.165, 1.54) is 22.4 Å². The highest BCUT2D eigenvalue weighted by Gasteiger charge is 2.37. The number of fused-ring (bicyclic) bond motifs is 3. The number of likely N-dealkylation sites (N-methyl/N-ethyl adjacent to an activating group) is 1. The van der Waals surface area contributed by atoms with Gasteiger partial charge in [0.1, 0.15) is 0 Å². The van der Waals surface area contributed by atoms with Gasteiger partial charge in [0, 0.05) is 18.7 Å². The van der Waals surface area contributed by atoms with Crippen molar-refractivity contribution in [2.24, 2.45) is 0 Å². The summed E-state index contributed by atoms with van der Waals surface area (Å²) in [6.07, 6.45) is 4.63. The van der Waals surface area contributed by atoms with Crippen LogP contribution in [0.3, 0.4) is 0 Å². The Labute approximate surface area is 97.1 Å². The first kappa shape index (κ1) is 9.71. The Kier molecular flexibility index (Phi) is 1.97. The minimum Gasteiger partial charge on any atom is -0.367 e. The molecule has 2 atom stereocenters. The molecule has 0 N–H and O–H groups in total. The van der Waals surface area contributed by atoms with E-state index in [0.29, 0.717) is 12.0 Å². The number of rotatable bonds is 0. The van der Waals surface area contributed by atoms with Gasteiger partial charge in [-0.3, -0.25) is 0 Å². The van der Waals surface area contributed by atoms with Gasteiger partial charge in [0.15, 0.2) is 0 Å². The summed E-state index contributed by atoms with van der Waals surface area (Å²) in [5, 5.41) is 0. The SMILES string of the molecule is CC1=C(C)C2C(C=C1)c1ccccc1N2C. The molecule has 1 aliphatic carbocycles. The van der Waals surface area contributed by atoms with Crippen LogP contribution in [0.1, 0.15) is 25.3 Å². The fourth-order valence-electron chi connectivity index (χ4n) is 3.03. The second kappa shape index (κ2) is 3.24.